The second-order valence-corrected chi connectivity index (χ2v) is 5.09. The normalized spacial score (nSPS) is 11.3. The molecule has 0 radical (unpaired) electrons. The number of likely N-dealkylation sites (N-methyl/N-ethyl adjacent to an activating group) is 1. The SMILES string of the molecule is CNCCc1[nH]nc(-c2ccc3c(c2)ncn3C)c1C. The van der Waals surface area contributed by atoms with Crippen LogP contribution < -0.4 is 5.32 Å². The average Bonchev–Trinajstić information content (AvgIpc) is 3.00. The van der Waals surface area contributed by atoms with Gasteiger partial charge >= 0.3 is 0 Å². The molecule has 0 aliphatic rings. The summed E-state index contributed by atoms with van der Waals surface area (Å²) in [6.07, 6.45) is 2.80. The number of nitrogens with one attached hydrogen (secondary N) is 2. The fourth-order valence-electron chi connectivity index (χ4n) is 2.49. The Kier molecular flexibility index (Phi) is 3.28. The Morgan fingerprint density at radius 3 is 3.00 bits per heavy atom. The molecule has 3 rings (SSSR count). The van der Waals surface area contributed by atoms with Crippen LogP contribution in [0.25, 0.3) is 22.3 Å². The number of nitrogens with zero attached hydrogens (tertiary/aromatic N) is 3. The summed E-state index contributed by atoms with van der Waals surface area (Å²) in [5.41, 5.74) is 6.68. The molecule has 0 bridgehead atoms. The third kappa shape index (κ3) is 2.10. The van der Waals surface area contributed by atoms with Gasteiger partial charge in [0, 0.05) is 31.3 Å². The molecule has 5 nitrogen and oxygen atoms in total. The van der Waals surface area contributed by atoms with Gasteiger partial charge in [0.05, 0.1) is 23.1 Å². The van der Waals surface area contributed by atoms with Gasteiger partial charge in [0.1, 0.15) is 0 Å². The highest BCUT2D eigenvalue weighted by Crippen LogP contribution is 2.26. The molecule has 2 aromatic heterocycles. The van der Waals surface area contributed by atoms with Crippen molar-refractivity contribution in [1.82, 2.24) is 25.1 Å². The van der Waals surface area contributed by atoms with Crippen LogP contribution in [0.1, 0.15) is 11.3 Å². The maximum atomic E-state index is 4.47. The van der Waals surface area contributed by atoms with E-state index in [1.165, 1.54) is 11.3 Å². The Balaban J connectivity index is 2.00. The van der Waals surface area contributed by atoms with Gasteiger partial charge in [-0.15, -0.1) is 0 Å². The molecule has 0 unspecified atom stereocenters. The van der Waals surface area contributed by atoms with Crippen LogP contribution in [0.15, 0.2) is 24.5 Å². The molecule has 0 amide bonds. The van der Waals surface area contributed by atoms with Crippen molar-refractivity contribution < 1.29 is 0 Å². The predicted molar refractivity (Wildman–Crippen MR) is 80.7 cm³/mol. The number of aromatic nitrogens is 4. The van der Waals surface area contributed by atoms with Gasteiger partial charge in [-0.1, -0.05) is 6.07 Å². The van der Waals surface area contributed by atoms with Crippen LogP contribution >= 0.6 is 0 Å². The fourth-order valence-corrected chi connectivity index (χ4v) is 2.49. The average molecular weight is 269 g/mol. The van der Waals surface area contributed by atoms with Crippen LogP contribution in [0.4, 0.5) is 0 Å². The predicted octanol–water partition coefficient (Wildman–Crippen LogP) is 2.03. The van der Waals surface area contributed by atoms with E-state index in [2.05, 4.69) is 45.6 Å². The minimum Gasteiger partial charge on any atom is -0.334 e. The summed E-state index contributed by atoms with van der Waals surface area (Å²) in [4.78, 5) is 4.41. The van der Waals surface area contributed by atoms with E-state index in [0.29, 0.717) is 0 Å². The molecule has 1 aromatic carbocycles. The van der Waals surface area contributed by atoms with Crippen molar-refractivity contribution in [3.05, 3.63) is 35.8 Å². The lowest BCUT2D eigenvalue weighted by atomic mass is 10.1. The molecule has 0 saturated heterocycles. The molecule has 104 valence electrons. The van der Waals surface area contributed by atoms with Crippen molar-refractivity contribution in [2.45, 2.75) is 13.3 Å². The molecule has 0 fully saturated rings. The van der Waals surface area contributed by atoms with E-state index in [1.54, 1.807) is 0 Å². The van der Waals surface area contributed by atoms with E-state index in [4.69, 9.17) is 0 Å². The minimum atomic E-state index is 0.946. The van der Waals surface area contributed by atoms with Crippen LogP contribution in [0.2, 0.25) is 0 Å². The molecule has 0 aliphatic carbocycles. The van der Waals surface area contributed by atoms with Gasteiger partial charge in [-0.05, 0) is 31.7 Å². The number of hydrogen-bond acceptors (Lipinski definition) is 3. The molecule has 20 heavy (non-hydrogen) atoms. The first kappa shape index (κ1) is 12.9. The van der Waals surface area contributed by atoms with Crippen LogP contribution in [0.3, 0.4) is 0 Å². The van der Waals surface area contributed by atoms with Crippen molar-refractivity contribution in [1.29, 1.82) is 0 Å². The molecule has 0 saturated carbocycles. The van der Waals surface area contributed by atoms with Gasteiger partial charge < -0.3 is 9.88 Å². The van der Waals surface area contributed by atoms with Crippen LogP contribution in [0, 0.1) is 6.92 Å². The van der Waals surface area contributed by atoms with Crippen molar-refractivity contribution in [3.63, 3.8) is 0 Å². The second kappa shape index (κ2) is 5.09. The number of imidazole rings is 1. The zero-order valence-corrected chi connectivity index (χ0v) is 12.1. The Morgan fingerprint density at radius 1 is 1.35 bits per heavy atom. The van der Waals surface area contributed by atoms with Gasteiger partial charge in [0.25, 0.3) is 0 Å². The van der Waals surface area contributed by atoms with Crippen molar-refractivity contribution in [2.75, 3.05) is 13.6 Å². The second-order valence-electron chi connectivity index (χ2n) is 5.09. The maximum absolute atomic E-state index is 4.47. The highest BCUT2D eigenvalue weighted by molar-refractivity contribution is 5.81. The smallest absolute Gasteiger partial charge is 0.0955 e. The first-order valence-corrected chi connectivity index (χ1v) is 6.80. The van der Waals surface area contributed by atoms with Crippen molar-refractivity contribution >= 4 is 11.0 Å². The Morgan fingerprint density at radius 2 is 2.20 bits per heavy atom. The number of fused-ring (bicyclic) bond motifs is 1. The summed E-state index contributed by atoms with van der Waals surface area (Å²) >= 11 is 0. The molecule has 2 N–H and O–H groups in total. The highest BCUT2D eigenvalue weighted by atomic mass is 15.1. The fraction of sp³-hybridized carbons (Fsp3) is 0.333. The van der Waals surface area contributed by atoms with Gasteiger partial charge in [0.2, 0.25) is 0 Å². The number of aromatic amines is 1. The van der Waals surface area contributed by atoms with Crippen molar-refractivity contribution in [2.24, 2.45) is 7.05 Å². The molecular formula is C15H19N5. The van der Waals surface area contributed by atoms with E-state index < -0.39 is 0 Å². The largest absolute Gasteiger partial charge is 0.334 e. The van der Waals surface area contributed by atoms with E-state index in [1.807, 2.05) is 25.0 Å². The molecule has 0 atom stereocenters. The summed E-state index contributed by atoms with van der Waals surface area (Å²) in [5, 5.41) is 10.8. The summed E-state index contributed by atoms with van der Waals surface area (Å²) in [6.45, 7) is 3.06. The summed E-state index contributed by atoms with van der Waals surface area (Å²) in [6, 6.07) is 6.30. The highest BCUT2D eigenvalue weighted by Gasteiger charge is 2.11. The first-order chi connectivity index (χ1) is 9.70. The molecule has 0 spiro atoms. The van der Waals surface area contributed by atoms with Gasteiger partial charge in [-0.2, -0.15) is 5.10 Å². The number of hydrogen-bond donors (Lipinski definition) is 2. The summed E-state index contributed by atoms with van der Waals surface area (Å²) in [5.74, 6) is 0. The Bertz CT molecular complexity index is 738. The standard InChI is InChI=1S/C15H19N5/c1-10-12(6-7-16-2)18-19-15(10)11-4-5-14-13(8-11)17-9-20(14)3/h4-5,8-9,16H,6-7H2,1-3H3,(H,18,19). The topological polar surface area (TPSA) is 58.5 Å². The van der Waals surface area contributed by atoms with E-state index >= 15 is 0 Å². The Hall–Kier alpha value is -2.14. The van der Waals surface area contributed by atoms with Crippen LogP contribution in [0.5, 0.6) is 0 Å². The van der Waals surface area contributed by atoms with Gasteiger partial charge in [0.15, 0.2) is 0 Å². The zero-order valence-electron chi connectivity index (χ0n) is 12.1. The number of aryl methyl sites for hydroxylation is 1. The lowest BCUT2D eigenvalue weighted by Gasteiger charge is -2.01. The molecule has 3 aromatic rings. The third-order valence-electron chi connectivity index (χ3n) is 3.73. The maximum Gasteiger partial charge on any atom is 0.0955 e. The van der Waals surface area contributed by atoms with Crippen LogP contribution in [-0.2, 0) is 13.5 Å². The quantitative estimate of drug-likeness (QED) is 0.762. The lowest BCUT2D eigenvalue weighted by Crippen LogP contribution is -2.11. The number of rotatable bonds is 4. The Labute approximate surface area is 118 Å². The van der Waals surface area contributed by atoms with E-state index in [-0.39, 0.29) is 0 Å². The molecule has 0 aliphatic heterocycles. The first-order valence-electron chi connectivity index (χ1n) is 6.80. The molecular weight excluding hydrogens is 250 g/mol. The molecule has 2 heterocycles. The monoisotopic (exact) mass is 269 g/mol. The van der Waals surface area contributed by atoms with Crippen LogP contribution in [-0.4, -0.2) is 33.3 Å². The minimum absolute atomic E-state index is 0.946. The van der Waals surface area contributed by atoms with Gasteiger partial charge in [-0.25, -0.2) is 4.98 Å². The summed E-state index contributed by atoms with van der Waals surface area (Å²) < 4.78 is 2.02. The van der Waals surface area contributed by atoms with Crippen molar-refractivity contribution in [3.8, 4) is 11.3 Å². The van der Waals surface area contributed by atoms with E-state index in [9.17, 15) is 0 Å². The van der Waals surface area contributed by atoms with E-state index in [0.717, 1.165) is 35.3 Å². The molecule has 5 heteroatoms. The number of benzene rings is 1. The summed E-state index contributed by atoms with van der Waals surface area (Å²) in [7, 11) is 3.96. The third-order valence-corrected chi connectivity index (χ3v) is 3.73. The number of H-pyrrole nitrogens is 1. The van der Waals surface area contributed by atoms with Gasteiger partial charge in [-0.3, -0.25) is 5.10 Å². The lowest BCUT2D eigenvalue weighted by molar-refractivity contribution is 0.769. The zero-order chi connectivity index (χ0) is 14.1.